The van der Waals surface area contributed by atoms with Crippen molar-refractivity contribution in [2.75, 3.05) is 25.2 Å². The third kappa shape index (κ3) is 2.98. The summed E-state index contributed by atoms with van der Waals surface area (Å²) in [7, 11) is 1.67. The van der Waals surface area contributed by atoms with E-state index in [0.717, 1.165) is 29.2 Å². The van der Waals surface area contributed by atoms with E-state index in [1.807, 2.05) is 47.3 Å². The summed E-state index contributed by atoms with van der Waals surface area (Å²) in [6.07, 6.45) is 3.86. The van der Waals surface area contributed by atoms with Crippen molar-refractivity contribution in [1.29, 1.82) is 0 Å². The lowest BCUT2D eigenvalue weighted by Gasteiger charge is -2.24. The van der Waals surface area contributed by atoms with Crippen molar-refractivity contribution < 1.29 is 13.9 Å². The van der Waals surface area contributed by atoms with Crippen molar-refractivity contribution in [2.24, 2.45) is 0 Å². The Kier molecular flexibility index (Phi) is 4.15. The molecular formula is C20H19FN2O2. The molecule has 4 rings (SSSR count). The Balaban J connectivity index is 1.64. The summed E-state index contributed by atoms with van der Waals surface area (Å²) in [6, 6.07) is 16.4. The van der Waals surface area contributed by atoms with Crippen molar-refractivity contribution >= 4 is 5.69 Å². The first-order chi connectivity index (χ1) is 12.3. The summed E-state index contributed by atoms with van der Waals surface area (Å²) < 4.78 is 26.6. The molecule has 1 atom stereocenters. The quantitative estimate of drug-likeness (QED) is 0.715. The second kappa shape index (κ2) is 6.61. The number of rotatable bonds is 4. The largest absolute Gasteiger partial charge is 0.495 e. The molecule has 5 heteroatoms. The van der Waals surface area contributed by atoms with Gasteiger partial charge in [0.25, 0.3) is 0 Å². The van der Waals surface area contributed by atoms with Crippen LogP contribution in [0.2, 0.25) is 0 Å². The lowest BCUT2D eigenvalue weighted by molar-refractivity contribution is 0.114. The Labute approximate surface area is 146 Å². The van der Waals surface area contributed by atoms with Crippen LogP contribution in [-0.4, -0.2) is 24.8 Å². The zero-order valence-corrected chi connectivity index (χ0v) is 13.9. The second-order valence-electron chi connectivity index (χ2n) is 5.92. The van der Waals surface area contributed by atoms with Crippen LogP contribution in [-0.2, 0) is 4.74 Å². The van der Waals surface area contributed by atoms with Crippen LogP contribution in [0.3, 0.4) is 0 Å². The van der Waals surface area contributed by atoms with Crippen molar-refractivity contribution in [2.45, 2.75) is 6.23 Å². The Morgan fingerprint density at radius 2 is 1.88 bits per heavy atom. The van der Waals surface area contributed by atoms with E-state index in [2.05, 4.69) is 4.90 Å². The molecule has 25 heavy (non-hydrogen) atoms. The van der Waals surface area contributed by atoms with Crippen LogP contribution in [0.25, 0.3) is 5.69 Å². The molecule has 0 bridgehead atoms. The lowest BCUT2D eigenvalue weighted by atomic mass is 10.2. The Bertz CT molecular complexity index is 860. The monoisotopic (exact) mass is 338 g/mol. The summed E-state index contributed by atoms with van der Waals surface area (Å²) in [5.74, 6) is 0.579. The Hall–Kier alpha value is -2.79. The Morgan fingerprint density at radius 3 is 2.68 bits per heavy atom. The van der Waals surface area contributed by atoms with E-state index in [9.17, 15) is 4.39 Å². The van der Waals surface area contributed by atoms with Gasteiger partial charge in [0, 0.05) is 30.2 Å². The van der Waals surface area contributed by atoms with Crippen molar-refractivity contribution in [1.82, 2.24) is 4.57 Å². The first-order valence-corrected chi connectivity index (χ1v) is 8.21. The number of methoxy groups -OCH3 is 1. The Morgan fingerprint density at radius 1 is 1.08 bits per heavy atom. The molecule has 2 heterocycles. The fourth-order valence-corrected chi connectivity index (χ4v) is 3.20. The average molecular weight is 338 g/mol. The van der Waals surface area contributed by atoms with Crippen LogP contribution in [0.1, 0.15) is 11.8 Å². The number of hydrogen-bond acceptors (Lipinski definition) is 3. The fourth-order valence-electron chi connectivity index (χ4n) is 3.20. The molecule has 0 spiro atoms. The number of ether oxygens (including phenoxy) is 2. The minimum atomic E-state index is -0.234. The molecule has 128 valence electrons. The molecule has 1 aromatic heterocycles. The van der Waals surface area contributed by atoms with Crippen molar-refractivity contribution in [3.8, 4) is 11.4 Å². The minimum Gasteiger partial charge on any atom is -0.495 e. The summed E-state index contributed by atoms with van der Waals surface area (Å²) in [5.41, 5.74) is 2.98. The van der Waals surface area contributed by atoms with Gasteiger partial charge >= 0.3 is 0 Å². The molecule has 0 radical (unpaired) electrons. The van der Waals surface area contributed by atoms with Gasteiger partial charge in [0.2, 0.25) is 0 Å². The maximum atomic E-state index is 13.2. The molecule has 1 saturated heterocycles. The number of nitrogens with zero attached hydrogens (tertiary/aromatic N) is 2. The van der Waals surface area contributed by atoms with E-state index in [1.54, 1.807) is 19.2 Å². The summed E-state index contributed by atoms with van der Waals surface area (Å²) in [4.78, 5) is 2.14. The van der Waals surface area contributed by atoms with Gasteiger partial charge in [-0.3, -0.25) is 0 Å². The lowest BCUT2D eigenvalue weighted by Crippen LogP contribution is -2.22. The fraction of sp³-hybridized carbons (Fsp3) is 0.200. The van der Waals surface area contributed by atoms with E-state index in [1.165, 1.54) is 12.1 Å². The molecule has 1 fully saturated rings. The van der Waals surface area contributed by atoms with Gasteiger partial charge in [0.15, 0.2) is 6.23 Å². The van der Waals surface area contributed by atoms with Gasteiger partial charge in [-0.05, 0) is 42.5 Å². The van der Waals surface area contributed by atoms with Crippen molar-refractivity contribution in [3.05, 3.63) is 78.4 Å². The third-order valence-corrected chi connectivity index (χ3v) is 4.41. The van der Waals surface area contributed by atoms with Crippen molar-refractivity contribution in [3.63, 3.8) is 0 Å². The molecule has 0 aliphatic carbocycles. The highest BCUT2D eigenvalue weighted by Crippen LogP contribution is 2.33. The normalized spacial score (nSPS) is 17.0. The van der Waals surface area contributed by atoms with Crippen LogP contribution in [0.15, 0.2) is 67.0 Å². The second-order valence-corrected chi connectivity index (χ2v) is 5.92. The number of benzene rings is 2. The highest BCUT2D eigenvalue weighted by Gasteiger charge is 2.28. The number of anilines is 1. The predicted molar refractivity (Wildman–Crippen MR) is 94.8 cm³/mol. The smallest absolute Gasteiger partial charge is 0.158 e. The third-order valence-electron chi connectivity index (χ3n) is 4.41. The number of para-hydroxylation sites is 2. The molecule has 0 N–H and O–H groups in total. The van der Waals surface area contributed by atoms with Gasteiger partial charge in [-0.1, -0.05) is 12.1 Å². The average Bonchev–Trinajstić information content (AvgIpc) is 3.31. The molecule has 1 aliphatic rings. The molecule has 1 aliphatic heterocycles. The van der Waals surface area contributed by atoms with Gasteiger partial charge in [-0.25, -0.2) is 4.39 Å². The van der Waals surface area contributed by atoms with Crippen LogP contribution in [0.5, 0.6) is 5.75 Å². The van der Waals surface area contributed by atoms with Crippen LogP contribution >= 0.6 is 0 Å². The minimum absolute atomic E-state index is 0.179. The summed E-state index contributed by atoms with van der Waals surface area (Å²) in [6.45, 7) is 1.41. The summed E-state index contributed by atoms with van der Waals surface area (Å²) >= 11 is 0. The van der Waals surface area contributed by atoms with E-state index in [-0.39, 0.29) is 12.0 Å². The van der Waals surface area contributed by atoms with E-state index >= 15 is 0 Å². The van der Waals surface area contributed by atoms with Crippen LogP contribution < -0.4 is 9.64 Å². The summed E-state index contributed by atoms with van der Waals surface area (Å²) in [5, 5.41) is 0. The topological polar surface area (TPSA) is 26.6 Å². The molecule has 2 aromatic carbocycles. The highest BCUT2D eigenvalue weighted by molar-refractivity contribution is 5.50. The molecular weight excluding hydrogens is 319 g/mol. The van der Waals surface area contributed by atoms with Gasteiger partial charge in [0.1, 0.15) is 11.6 Å². The van der Waals surface area contributed by atoms with E-state index in [0.29, 0.717) is 6.61 Å². The molecule has 0 saturated carbocycles. The van der Waals surface area contributed by atoms with Crippen LogP contribution in [0, 0.1) is 5.82 Å². The maximum absolute atomic E-state index is 13.2. The highest BCUT2D eigenvalue weighted by atomic mass is 19.1. The maximum Gasteiger partial charge on any atom is 0.158 e. The van der Waals surface area contributed by atoms with Gasteiger partial charge in [-0.2, -0.15) is 0 Å². The van der Waals surface area contributed by atoms with Gasteiger partial charge < -0.3 is 18.9 Å². The SMILES string of the molecule is COc1ccccc1-n1ccc([C@H]2OCCN2c2ccc(F)cc2)c1. The predicted octanol–water partition coefficient (Wildman–Crippen LogP) is 4.16. The van der Waals surface area contributed by atoms with E-state index in [4.69, 9.17) is 9.47 Å². The van der Waals surface area contributed by atoms with Gasteiger partial charge in [-0.15, -0.1) is 0 Å². The molecule has 0 unspecified atom stereocenters. The molecule has 0 amide bonds. The van der Waals surface area contributed by atoms with Crippen LogP contribution in [0.4, 0.5) is 10.1 Å². The number of aromatic nitrogens is 1. The number of halogens is 1. The number of hydrogen-bond donors (Lipinski definition) is 0. The zero-order valence-electron chi connectivity index (χ0n) is 13.9. The molecule has 3 aromatic rings. The zero-order chi connectivity index (χ0) is 17.2. The van der Waals surface area contributed by atoms with E-state index < -0.39 is 0 Å². The van der Waals surface area contributed by atoms with Gasteiger partial charge in [0.05, 0.1) is 19.4 Å². The molecule has 4 nitrogen and oxygen atoms in total. The first kappa shape index (κ1) is 15.7. The standard InChI is InChI=1S/C20H19FN2O2/c1-24-19-5-3-2-4-18(19)22-11-10-15(14-22)20-23(12-13-25-20)17-8-6-16(21)7-9-17/h2-11,14,20H,12-13H2,1H3/t20-/m1/s1. The first-order valence-electron chi connectivity index (χ1n) is 8.21.